The first-order chi connectivity index (χ1) is 9.90. The number of nitrogens with zero attached hydrogens (tertiary/aromatic N) is 1. The fraction of sp³-hybridized carbons (Fsp3) is 0.500. The summed E-state index contributed by atoms with van der Waals surface area (Å²) in [4.78, 5) is 4.64. The number of benzene rings is 1. The van der Waals surface area contributed by atoms with Gasteiger partial charge in [0, 0.05) is 17.6 Å². The zero-order valence-corrected chi connectivity index (χ0v) is 12.3. The number of para-hydroxylation sites is 1. The molecule has 1 saturated carbocycles. The molecular formula is C18H24N2. The van der Waals surface area contributed by atoms with Gasteiger partial charge in [0.25, 0.3) is 0 Å². The van der Waals surface area contributed by atoms with Gasteiger partial charge in [-0.15, -0.1) is 0 Å². The average Bonchev–Trinajstić information content (AvgIpc) is 3.02. The van der Waals surface area contributed by atoms with Crippen molar-refractivity contribution in [3.63, 3.8) is 0 Å². The molecule has 1 aliphatic carbocycles. The molecule has 1 aliphatic rings. The zero-order chi connectivity index (χ0) is 13.8. The lowest BCUT2D eigenvalue weighted by molar-refractivity contribution is 0.370. The van der Waals surface area contributed by atoms with E-state index >= 15 is 0 Å². The Morgan fingerprint density at radius 2 is 2.00 bits per heavy atom. The van der Waals surface area contributed by atoms with E-state index in [4.69, 9.17) is 0 Å². The Morgan fingerprint density at radius 3 is 2.80 bits per heavy atom. The van der Waals surface area contributed by atoms with Gasteiger partial charge in [0.05, 0.1) is 5.52 Å². The van der Waals surface area contributed by atoms with Crippen LogP contribution in [-0.2, 0) is 0 Å². The van der Waals surface area contributed by atoms with Gasteiger partial charge in [-0.05, 0) is 43.4 Å². The molecule has 0 aliphatic heterocycles. The minimum Gasteiger partial charge on any atom is -0.310 e. The first-order valence-corrected chi connectivity index (χ1v) is 7.97. The summed E-state index contributed by atoms with van der Waals surface area (Å²) < 4.78 is 0. The van der Waals surface area contributed by atoms with Crippen molar-refractivity contribution in [3.8, 4) is 0 Å². The fourth-order valence-corrected chi connectivity index (χ4v) is 3.50. The zero-order valence-electron chi connectivity index (χ0n) is 12.3. The van der Waals surface area contributed by atoms with Gasteiger partial charge in [-0.2, -0.15) is 0 Å². The molecule has 0 spiro atoms. The third kappa shape index (κ3) is 2.71. The van der Waals surface area contributed by atoms with E-state index in [2.05, 4.69) is 41.5 Å². The van der Waals surface area contributed by atoms with Crippen molar-refractivity contribution in [3.05, 3.63) is 42.1 Å². The molecule has 106 valence electrons. The molecule has 3 rings (SSSR count). The third-order valence-corrected chi connectivity index (χ3v) is 4.48. The van der Waals surface area contributed by atoms with Gasteiger partial charge in [-0.1, -0.05) is 44.0 Å². The van der Waals surface area contributed by atoms with Crippen molar-refractivity contribution in [1.82, 2.24) is 10.3 Å². The Bertz CT molecular complexity index is 553. The summed E-state index contributed by atoms with van der Waals surface area (Å²) in [5.41, 5.74) is 2.57. The smallest absolute Gasteiger partial charge is 0.0749 e. The summed E-state index contributed by atoms with van der Waals surface area (Å²) in [5.74, 6) is 0.772. The van der Waals surface area contributed by atoms with Crippen LogP contribution >= 0.6 is 0 Å². The monoisotopic (exact) mass is 268 g/mol. The second-order valence-corrected chi connectivity index (χ2v) is 5.90. The highest BCUT2D eigenvalue weighted by Crippen LogP contribution is 2.37. The first kappa shape index (κ1) is 13.6. The van der Waals surface area contributed by atoms with Gasteiger partial charge in [0.15, 0.2) is 0 Å². The minimum atomic E-state index is 0.469. The summed E-state index contributed by atoms with van der Waals surface area (Å²) in [6.45, 7) is 3.32. The summed E-state index contributed by atoms with van der Waals surface area (Å²) in [5, 5.41) is 5.04. The largest absolute Gasteiger partial charge is 0.310 e. The van der Waals surface area contributed by atoms with Crippen LogP contribution in [-0.4, -0.2) is 11.5 Å². The maximum atomic E-state index is 4.64. The summed E-state index contributed by atoms with van der Waals surface area (Å²) in [6.07, 6.45) is 8.56. The van der Waals surface area contributed by atoms with E-state index in [1.165, 1.54) is 48.6 Å². The molecule has 0 saturated heterocycles. The molecule has 2 nitrogen and oxygen atoms in total. The summed E-state index contributed by atoms with van der Waals surface area (Å²) >= 11 is 0. The lowest BCUT2D eigenvalue weighted by atomic mass is 9.90. The Kier molecular flexibility index (Phi) is 4.31. The SMILES string of the molecule is CCCNC(c1cccc2cccnc12)C1CCCC1. The maximum absolute atomic E-state index is 4.64. The number of hydrogen-bond donors (Lipinski definition) is 1. The fourth-order valence-electron chi connectivity index (χ4n) is 3.50. The van der Waals surface area contributed by atoms with E-state index < -0.39 is 0 Å². The van der Waals surface area contributed by atoms with Crippen molar-refractivity contribution in [2.45, 2.75) is 45.1 Å². The molecule has 1 unspecified atom stereocenters. The number of rotatable bonds is 5. The molecule has 1 heterocycles. The van der Waals surface area contributed by atoms with E-state index in [1.807, 2.05) is 12.3 Å². The van der Waals surface area contributed by atoms with Crippen molar-refractivity contribution in [2.75, 3.05) is 6.54 Å². The van der Waals surface area contributed by atoms with Crippen LogP contribution in [0.3, 0.4) is 0 Å². The quantitative estimate of drug-likeness (QED) is 0.865. The minimum absolute atomic E-state index is 0.469. The normalized spacial score (nSPS) is 17.6. The second-order valence-electron chi connectivity index (χ2n) is 5.90. The van der Waals surface area contributed by atoms with Crippen LogP contribution < -0.4 is 5.32 Å². The third-order valence-electron chi connectivity index (χ3n) is 4.48. The Hall–Kier alpha value is -1.41. The molecule has 0 amide bonds. The average molecular weight is 268 g/mol. The Balaban J connectivity index is 1.99. The van der Waals surface area contributed by atoms with Crippen molar-refractivity contribution in [2.24, 2.45) is 5.92 Å². The summed E-state index contributed by atoms with van der Waals surface area (Å²) in [7, 11) is 0. The van der Waals surface area contributed by atoms with Crippen LogP contribution in [0.15, 0.2) is 36.5 Å². The number of aromatic nitrogens is 1. The Morgan fingerprint density at radius 1 is 1.20 bits per heavy atom. The van der Waals surface area contributed by atoms with Crippen molar-refractivity contribution in [1.29, 1.82) is 0 Å². The molecule has 0 bridgehead atoms. The standard InChI is InChI=1S/C18H24N2/c1-2-12-19-17(14-7-3-4-8-14)16-11-5-9-15-10-6-13-20-18(15)16/h5-6,9-11,13-14,17,19H,2-4,7-8,12H2,1H3. The van der Waals surface area contributed by atoms with Gasteiger partial charge in [-0.3, -0.25) is 4.98 Å². The van der Waals surface area contributed by atoms with Gasteiger partial charge < -0.3 is 5.32 Å². The van der Waals surface area contributed by atoms with E-state index in [0.717, 1.165) is 12.5 Å². The van der Waals surface area contributed by atoms with Gasteiger partial charge in [0.2, 0.25) is 0 Å². The lowest BCUT2D eigenvalue weighted by Gasteiger charge is -2.26. The molecular weight excluding hydrogens is 244 g/mol. The number of nitrogens with one attached hydrogen (secondary N) is 1. The van der Waals surface area contributed by atoms with Gasteiger partial charge in [0.1, 0.15) is 0 Å². The van der Waals surface area contributed by atoms with Gasteiger partial charge >= 0.3 is 0 Å². The van der Waals surface area contributed by atoms with Crippen molar-refractivity contribution < 1.29 is 0 Å². The first-order valence-electron chi connectivity index (χ1n) is 7.97. The van der Waals surface area contributed by atoms with Gasteiger partial charge in [-0.25, -0.2) is 0 Å². The molecule has 0 radical (unpaired) electrons. The topological polar surface area (TPSA) is 24.9 Å². The Labute approximate surface area is 121 Å². The van der Waals surface area contributed by atoms with Crippen LogP contribution in [0.1, 0.15) is 50.6 Å². The summed E-state index contributed by atoms with van der Waals surface area (Å²) in [6, 6.07) is 11.3. The number of pyridine rings is 1. The lowest BCUT2D eigenvalue weighted by Crippen LogP contribution is -2.28. The molecule has 20 heavy (non-hydrogen) atoms. The molecule has 1 fully saturated rings. The predicted octanol–water partition coefficient (Wildman–Crippen LogP) is 4.47. The highest BCUT2D eigenvalue weighted by molar-refractivity contribution is 5.82. The molecule has 1 aromatic heterocycles. The van der Waals surface area contributed by atoms with E-state index in [-0.39, 0.29) is 0 Å². The van der Waals surface area contributed by atoms with Crippen LogP contribution in [0.4, 0.5) is 0 Å². The molecule has 1 atom stereocenters. The highest BCUT2D eigenvalue weighted by atomic mass is 14.9. The molecule has 1 aromatic carbocycles. The maximum Gasteiger partial charge on any atom is 0.0749 e. The van der Waals surface area contributed by atoms with Crippen LogP contribution in [0.25, 0.3) is 10.9 Å². The van der Waals surface area contributed by atoms with Crippen LogP contribution in [0.5, 0.6) is 0 Å². The molecule has 1 N–H and O–H groups in total. The second kappa shape index (κ2) is 6.36. The molecule has 2 heteroatoms. The number of fused-ring (bicyclic) bond motifs is 1. The van der Waals surface area contributed by atoms with E-state index in [0.29, 0.717) is 6.04 Å². The van der Waals surface area contributed by atoms with Crippen molar-refractivity contribution >= 4 is 10.9 Å². The highest BCUT2D eigenvalue weighted by Gasteiger charge is 2.27. The molecule has 2 aromatic rings. The van der Waals surface area contributed by atoms with Crippen LogP contribution in [0, 0.1) is 5.92 Å². The van der Waals surface area contributed by atoms with E-state index in [9.17, 15) is 0 Å². The number of hydrogen-bond acceptors (Lipinski definition) is 2. The van der Waals surface area contributed by atoms with E-state index in [1.54, 1.807) is 0 Å². The predicted molar refractivity (Wildman–Crippen MR) is 84.7 cm³/mol. The van der Waals surface area contributed by atoms with Crippen LogP contribution in [0.2, 0.25) is 0 Å².